The van der Waals surface area contributed by atoms with Crippen molar-refractivity contribution in [2.45, 2.75) is 0 Å². The lowest BCUT2D eigenvalue weighted by Crippen LogP contribution is -2.27. The minimum Gasteiger partial charge on any atom is -0.338 e. The molecule has 0 aliphatic rings. The Balaban J connectivity index is 1.38. The number of H-pyrrole nitrogens is 2. The highest BCUT2D eigenvalue weighted by atomic mass is 16.2. The van der Waals surface area contributed by atoms with Crippen LogP contribution in [0.1, 0.15) is 0 Å². The lowest BCUT2D eigenvalue weighted by atomic mass is 10.1. The molecule has 0 fully saturated rings. The number of carbonyl (C=O) groups is 1. The highest BCUT2D eigenvalue weighted by molar-refractivity contribution is 6.00. The third-order valence-electron chi connectivity index (χ3n) is 5.95. The van der Waals surface area contributed by atoms with E-state index in [1.54, 1.807) is 35.9 Å². The van der Waals surface area contributed by atoms with Crippen LogP contribution in [0.5, 0.6) is 0 Å². The number of amides is 1. The van der Waals surface area contributed by atoms with Gasteiger partial charge in [0.15, 0.2) is 0 Å². The van der Waals surface area contributed by atoms with Crippen molar-refractivity contribution in [3.8, 4) is 33.9 Å². The molecule has 10 heteroatoms. The topological polar surface area (TPSA) is 128 Å². The van der Waals surface area contributed by atoms with Gasteiger partial charge in [-0.3, -0.25) is 24.8 Å². The fourth-order valence-electron chi connectivity index (χ4n) is 4.32. The summed E-state index contributed by atoms with van der Waals surface area (Å²) in [5, 5.41) is 12.4. The molecule has 6 rings (SSSR count). The van der Waals surface area contributed by atoms with E-state index in [9.17, 15) is 4.79 Å². The average molecular weight is 490 g/mol. The molecular formula is C27H23N9O. The zero-order valence-corrected chi connectivity index (χ0v) is 20.2. The third-order valence-corrected chi connectivity index (χ3v) is 5.95. The fraction of sp³-hybridized carbons (Fsp3) is 0.111. The SMILES string of the molecule is CN(C)CC(=O)Nc1cncc(-c2cc3c(-c4cc5c(-c6ccccn6)ccnc5[nH]4)n[nH]c3cn2)c1. The molecular weight excluding hydrogens is 466 g/mol. The summed E-state index contributed by atoms with van der Waals surface area (Å²) in [4.78, 5) is 35.3. The van der Waals surface area contributed by atoms with Crippen molar-refractivity contribution >= 4 is 33.5 Å². The van der Waals surface area contributed by atoms with E-state index in [-0.39, 0.29) is 12.5 Å². The molecule has 0 aliphatic carbocycles. The molecule has 0 atom stereocenters. The minimum absolute atomic E-state index is 0.109. The smallest absolute Gasteiger partial charge is 0.238 e. The number of fused-ring (bicyclic) bond motifs is 2. The monoisotopic (exact) mass is 489 g/mol. The van der Waals surface area contributed by atoms with Gasteiger partial charge in [-0.1, -0.05) is 6.07 Å². The van der Waals surface area contributed by atoms with Crippen molar-refractivity contribution in [2.24, 2.45) is 0 Å². The molecule has 6 aromatic rings. The summed E-state index contributed by atoms with van der Waals surface area (Å²) in [6.07, 6.45) is 8.65. The Morgan fingerprint density at radius 2 is 1.86 bits per heavy atom. The summed E-state index contributed by atoms with van der Waals surface area (Å²) in [5.41, 5.74) is 7.14. The van der Waals surface area contributed by atoms with Gasteiger partial charge in [0.2, 0.25) is 5.91 Å². The fourth-order valence-corrected chi connectivity index (χ4v) is 4.32. The van der Waals surface area contributed by atoms with Crippen LogP contribution in [0.25, 0.3) is 55.8 Å². The number of hydrogen-bond acceptors (Lipinski definition) is 7. The summed E-state index contributed by atoms with van der Waals surface area (Å²) in [6.45, 7) is 0.286. The lowest BCUT2D eigenvalue weighted by molar-refractivity contribution is -0.116. The first kappa shape index (κ1) is 22.5. The number of pyridine rings is 4. The Hall–Kier alpha value is -4.96. The number of aromatic nitrogens is 7. The Bertz CT molecular complexity index is 1740. The third kappa shape index (κ3) is 4.41. The molecule has 3 N–H and O–H groups in total. The van der Waals surface area contributed by atoms with Crippen LogP contribution < -0.4 is 5.32 Å². The summed E-state index contributed by atoms with van der Waals surface area (Å²) in [5.74, 6) is -0.109. The van der Waals surface area contributed by atoms with E-state index in [2.05, 4.69) is 40.4 Å². The molecule has 0 bridgehead atoms. The number of hydrogen-bond donors (Lipinski definition) is 3. The summed E-state index contributed by atoms with van der Waals surface area (Å²) >= 11 is 0. The number of rotatable bonds is 6. The van der Waals surface area contributed by atoms with Gasteiger partial charge in [-0.15, -0.1) is 0 Å². The second-order valence-corrected chi connectivity index (χ2v) is 8.95. The van der Waals surface area contributed by atoms with Gasteiger partial charge in [0.05, 0.1) is 47.2 Å². The first-order valence-corrected chi connectivity index (χ1v) is 11.7. The zero-order valence-electron chi connectivity index (χ0n) is 20.2. The quantitative estimate of drug-likeness (QED) is 0.321. The van der Waals surface area contributed by atoms with Crippen LogP contribution in [-0.2, 0) is 4.79 Å². The van der Waals surface area contributed by atoms with Gasteiger partial charge < -0.3 is 15.2 Å². The van der Waals surface area contributed by atoms with Gasteiger partial charge in [-0.25, -0.2) is 4.98 Å². The van der Waals surface area contributed by atoms with Crippen LogP contribution in [0, 0.1) is 0 Å². The Morgan fingerprint density at radius 1 is 0.946 bits per heavy atom. The molecule has 6 heterocycles. The Labute approximate surface area is 211 Å². The van der Waals surface area contributed by atoms with Gasteiger partial charge in [0.1, 0.15) is 11.3 Å². The van der Waals surface area contributed by atoms with Gasteiger partial charge in [-0.05, 0) is 50.5 Å². The maximum Gasteiger partial charge on any atom is 0.238 e. The van der Waals surface area contributed by atoms with Crippen molar-refractivity contribution in [1.82, 2.24) is 40.0 Å². The normalized spacial score (nSPS) is 11.4. The second kappa shape index (κ2) is 9.25. The van der Waals surface area contributed by atoms with E-state index in [4.69, 9.17) is 0 Å². The van der Waals surface area contributed by atoms with Crippen molar-refractivity contribution in [3.63, 3.8) is 0 Å². The van der Waals surface area contributed by atoms with Crippen molar-refractivity contribution in [2.75, 3.05) is 26.0 Å². The van der Waals surface area contributed by atoms with Gasteiger partial charge in [0.25, 0.3) is 0 Å². The van der Waals surface area contributed by atoms with Crippen LogP contribution in [0.4, 0.5) is 5.69 Å². The van der Waals surface area contributed by atoms with Crippen molar-refractivity contribution in [1.29, 1.82) is 0 Å². The van der Waals surface area contributed by atoms with E-state index in [1.807, 2.05) is 56.6 Å². The average Bonchev–Trinajstić information content (AvgIpc) is 3.52. The van der Waals surface area contributed by atoms with Crippen LogP contribution >= 0.6 is 0 Å². The lowest BCUT2D eigenvalue weighted by Gasteiger charge is -2.10. The summed E-state index contributed by atoms with van der Waals surface area (Å²) in [7, 11) is 3.69. The molecule has 6 aromatic heterocycles. The van der Waals surface area contributed by atoms with Gasteiger partial charge in [-0.2, -0.15) is 5.10 Å². The molecule has 0 spiro atoms. The number of nitrogens with zero attached hydrogens (tertiary/aromatic N) is 6. The van der Waals surface area contributed by atoms with Crippen LogP contribution in [0.3, 0.4) is 0 Å². The predicted octanol–water partition coefficient (Wildman–Crippen LogP) is 4.13. The molecule has 0 aromatic carbocycles. The number of nitrogens with one attached hydrogen (secondary N) is 3. The van der Waals surface area contributed by atoms with Crippen molar-refractivity contribution < 1.29 is 4.79 Å². The molecule has 1 amide bonds. The zero-order chi connectivity index (χ0) is 25.4. The van der Waals surface area contributed by atoms with Gasteiger partial charge >= 0.3 is 0 Å². The molecule has 0 unspecified atom stereocenters. The Morgan fingerprint density at radius 3 is 2.70 bits per heavy atom. The van der Waals surface area contributed by atoms with Gasteiger partial charge in [0, 0.05) is 40.5 Å². The molecule has 10 nitrogen and oxygen atoms in total. The molecule has 0 saturated carbocycles. The summed E-state index contributed by atoms with van der Waals surface area (Å²) in [6, 6.07) is 13.7. The molecule has 0 radical (unpaired) electrons. The maximum absolute atomic E-state index is 12.2. The molecule has 0 aliphatic heterocycles. The van der Waals surface area contributed by atoms with Crippen LogP contribution in [0.15, 0.2) is 73.4 Å². The standard InChI is InChI=1S/C27H23N9O/c1-36(2)15-25(37)32-17-9-16(12-28-13-17)22-11-20-24(14-31-22)34-35-26(20)23-10-19-18(6-8-30-27(19)33-23)21-5-3-4-7-29-21/h3-14H,15H2,1-2H3,(H,30,33)(H,32,37)(H,34,35). The van der Waals surface area contributed by atoms with Crippen LogP contribution in [0.2, 0.25) is 0 Å². The summed E-state index contributed by atoms with van der Waals surface area (Å²) < 4.78 is 0. The molecule has 182 valence electrons. The molecule has 37 heavy (non-hydrogen) atoms. The largest absolute Gasteiger partial charge is 0.338 e. The number of aromatic amines is 2. The van der Waals surface area contributed by atoms with Crippen LogP contribution in [-0.4, -0.2) is 66.6 Å². The van der Waals surface area contributed by atoms with E-state index < -0.39 is 0 Å². The number of carbonyl (C=O) groups excluding carboxylic acids is 1. The van der Waals surface area contributed by atoms with E-state index in [0.29, 0.717) is 5.69 Å². The van der Waals surface area contributed by atoms with E-state index in [1.165, 1.54) is 0 Å². The number of anilines is 1. The highest BCUT2D eigenvalue weighted by Gasteiger charge is 2.16. The van der Waals surface area contributed by atoms with E-state index >= 15 is 0 Å². The first-order chi connectivity index (χ1) is 18.0. The molecule has 0 saturated heterocycles. The predicted molar refractivity (Wildman–Crippen MR) is 143 cm³/mol. The highest BCUT2D eigenvalue weighted by Crippen LogP contribution is 2.33. The minimum atomic E-state index is -0.109. The van der Waals surface area contributed by atoms with E-state index in [0.717, 1.165) is 55.8 Å². The number of likely N-dealkylation sites (N-methyl/N-ethyl adjacent to an activating group) is 1. The Kier molecular flexibility index (Phi) is 5.62. The maximum atomic E-state index is 12.2. The van der Waals surface area contributed by atoms with Crippen molar-refractivity contribution in [3.05, 3.63) is 73.4 Å². The second-order valence-electron chi connectivity index (χ2n) is 8.95. The first-order valence-electron chi connectivity index (χ1n) is 11.7.